The van der Waals surface area contributed by atoms with Crippen molar-refractivity contribution in [2.75, 3.05) is 0 Å². The molecule has 1 nitrogen and oxygen atoms in total. The van der Waals surface area contributed by atoms with Gasteiger partial charge < -0.3 is 0 Å². The summed E-state index contributed by atoms with van der Waals surface area (Å²) in [5.41, 5.74) is 3.44. The third-order valence-electron chi connectivity index (χ3n) is 3.77. The van der Waals surface area contributed by atoms with Crippen LogP contribution in [0.25, 0.3) is 6.08 Å². The van der Waals surface area contributed by atoms with Crippen LogP contribution in [0.1, 0.15) is 49.3 Å². The highest BCUT2D eigenvalue weighted by Crippen LogP contribution is 2.18. The molecule has 0 aliphatic carbocycles. The summed E-state index contributed by atoms with van der Waals surface area (Å²) in [6, 6.07) is 18.2. The number of rotatable bonds is 5. The van der Waals surface area contributed by atoms with E-state index in [0.717, 1.165) is 11.1 Å². The average molecular weight is 278 g/mol. The van der Waals surface area contributed by atoms with Crippen LogP contribution in [-0.2, 0) is 4.79 Å². The number of carbonyl (C=O) groups is 1. The van der Waals surface area contributed by atoms with Crippen LogP contribution in [0.2, 0.25) is 0 Å². The predicted octanol–water partition coefficient (Wildman–Crippen LogP) is 5.20. The lowest BCUT2D eigenvalue weighted by molar-refractivity contribution is -0.115. The first-order valence-corrected chi connectivity index (χ1v) is 7.44. The van der Waals surface area contributed by atoms with Crippen molar-refractivity contribution in [3.8, 4) is 0 Å². The highest BCUT2D eigenvalue weighted by Gasteiger charge is 2.11. The van der Waals surface area contributed by atoms with Crippen molar-refractivity contribution in [2.45, 2.75) is 32.6 Å². The topological polar surface area (TPSA) is 17.1 Å². The van der Waals surface area contributed by atoms with E-state index in [-0.39, 0.29) is 11.7 Å². The number of hydrogen-bond donors (Lipinski definition) is 0. The second-order valence-electron chi connectivity index (χ2n) is 5.69. The molecule has 0 N–H and O–H groups in total. The van der Waals surface area contributed by atoms with Crippen LogP contribution in [-0.4, -0.2) is 5.78 Å². The summed E-state index contributed by atoms with van der Waals surface area (Å²) in [4.78, 5) is 12.2. The van der Waals surface area contributed by atoms with Gasteiger partial charge >= 0.3 is 0 Å². The lowest BCUT2D eigenvalue weighted by atomic mass is 9.96. The molecule has 1 atom stereocenters. The summed E-state index contributed by atoms with van der Waals surface area (Å²) < 4.78 is 0. The van der Waals surface area contributed by atoms with Crippen LogP contribution in [0.3, 0.4) is 0 Å². The van der Waals surface area contributed by atoms with Crippen molar-refractivity contribution in [1.82, 2.24) is 0 Å². The molecule has 0 saturated heterocycles. The van der Waals surface area contributed by atoms with Gasteiger partial charge in [0.25, 0.3) is 0 Å². The van der Waals surface area contributed by atoms with E-state index in [4.69, 9.17) is 0 Å². The van der Waals surface area contributed by atoms with Gasteiger partial charge in [-0.15, -0.1) is 0 Å². The third kappa shape index (κ3) is 4.16. The minimum Gasteiger partial charge on any atom is -0.294 e. The summed E-state index contributed by atoms with van der Waals surface area (Å²) >= 11 is 0. The zero-order valence-corrected chi connectivity index (χ0v) is 12.9. The van der Waals surface area contributed by atoms with Gasteiger partial charge in [-0.3, -0.25) is 4.79 Å². The molecule has 1 heteroatoms. The Balaban J connectivity index is 2.05. The van der Waals surface area contributed by atoms with Gasteiger partial charge in [-0.05, 0) is 28.7 Å². The van der Waals surface area contributed by atoms with Crippen LogP contribution in [0.15, 0.2) is 60.7 Å². The Morgan fingerprint density at radius 1 is 0.857 bits per heavy atom. The molecule has 0 amide bonds. The number of hydrogen-bond acceptors (Lipinski definition) is 1. The average Bonchev–Trinajstić information content (AvgIpc) is 2.53. The number of allylic oxidation sites excluding steroid dienone is 1. The molecule has 0 aromatic heterocycles. The minimum atomic E-state index is -0.0996. The molecule has 108 valence electrons. The lowest BCUT2D eigenvalue weighted by Gasteiger charge is -2.07. The highest BCUT2D eigenvalue weighted by molar-refractivity contribution is 5.98. The first-order valence-electron chi connectivity index (χ1n) is 7.44. The van der Waals surface area contributed by atoms with Gasteiger partial charge in [0.1, 0.15) is 0 Å². The first kappa shape index (κ1) is 15.2. The molecule has 0 radical (unpaired) electrons. The molecule has 21 heavy (non-hydrogen) atoms. The maximum Gasteiger partial charge on any atom is 0.162 e. The standard InChI is InChI=1S/C20H22O/c1-15(2)18-12-9-17(10-13-18)11-14-20(21)16(3)19-7-5-4-6-8-19/h4-16H,1-3H3/b14-11+. The van der Waals surface area contributed by atoms with Gasteiger partial charge in [-0.1, -0.05) is 81.4 Å². The van der Waals surface area contributed by atoms with Crippen molar-refractivity contribution >= 4 is 11.9 Å². The van der Waals surface area contributed by atoms with E-state index in [1.54, 1.807) is 6.08 Å². The normalized spacial score (nSPS) is 12.8. The molecule has 1 unspecified atom stereocenters. The lowest BCUT2D eigenvalue weighted by Crippen LogP contribution is -2.05. The van der Waals surface area contributed by atoms with Crippen LogP contribution in [0.5, 0.6) is 0 Å². The van der Waals surface area contributed by atoms with Gasteiger partial charge in [0.15, 0.2) is 5.78 Å². The Kier molecular flexibility index (Phi) is 5.10. The molecule has 0 aliphatic rings. The second-order valence-corrected chi connectivity index (χ2v) is 5.69. The Morgan fingerprint density at radius 3 is 2.05 bits per heavy atom. The van der Waals surface area contributed by atoms with Gasteiger partial charge in [-0.25, -0.2) is 0 Å². The van der Waals surface area contributed by atoms with Crippen LogP contribution in [0.4, 0.5) is 0 Å². The molecule has 0 heterocycles. The highest BCUT2D eigenvalue weighted by atomic mass is 16.1. The fourth-order valence-electron chi connectivity index (χ4n) is 2.22. The Labute approximate surface area is 127 Å². The Morgan fingerprint density at radius 2 is 1.48 bits per heavy atom. The summed E-state index contributed by atoms with van der Waals surface area (Å²) in [7, 11) is 0. The SMILES string of the molecule is CC(C)c1ccc(/C=C/C(=O)C(C)c2ccccc2)cc1. The largest absolute Gasteiger partial charge is 0.294 e. The molecule has 0 fully saturated rings. The van der Waals surface area contributed by atoms with E-state index in [0.29, 0.717) is 5.92 Å². The molecule has 2 rings (SSSR count). The minimum absolute atomic E-state index is 0.0996. The molecule has 2 aromatic rings. The summed E-state index contributed by atoms with van der Waals surface area (Å²) in [5, 5.41) is 0. The van der Waals surface area contributed by atoms with Crippen LogP contribution < -0.4 is 0 Å². The Bertz CT molecular complexity index is 606. The number of carbonyl (C=O) groups excluding carboxylic acids is 1. The van der Waals surface area contributed by atoms with E-state index in [1.807, 2.05) is 43.3 Å². The summed E-state index contributed by atoms with van der Waals surface area (Å²) in [6.07, 6.45) is 3.58. The number of ketones is 1. The van der Waals surface area contributed by atoms with Crippen molar-refractivity contribution in [3.05, 3.63) is 77.4 Å². The second kappa shape index (κ2) is 7.03. The molecular weight excluding hydrogens is 256 g/mol. The monoisotopic (exact) mass is 278 g/mol. The van der Waals surface area contributed by atoms with E-state index < -0.39 is 0 Å². The molecule has 0 spiro atoms. The van der Waals surface area contributed by atoms with E-state index >= 15 is 0 Å². The van der Waals surface area contributed by atoms with Crippen molar-refractivity contribution in [3.63, 3.8) is 0 Å². The van der Waals surface area contributed by atoms with Gasteiger partial charge in [-0.2, -0.15) is 0 Å². The van der Waals surface area contributed by atoms with Crippen molar-refractivity contribution < 1.29 is 4.79 Å². The predicted molar refractivity (Wildman–Crippen MR) is 89.4 cm³/mol. The summed E-state index contributed by atoms with van der Waals surface area (Å²) in [5.74, 6) is 0.564. The first-order chi connectivity index (χ1) is 10.1. The molecule has 0 bridgehead atoms. The maximum absolute atomic E-state index is 12.2. The van der Waals surface area contributed by atoms with E-state index in [2.05, 4.69) is 38.1 Å². The molecule has 0 aliphatic heterocycles. The smallest absolute Gasteiger partial charge is 0.162 e. The maximum atomic E-state index is 12.2. The quantitative estimate of drug-likeness (QED) is 0.687. The van der Waals surface area contributed by atoms with Gasteiger partial charge in [0.05, 0.1) is 0 Å². The molecule has 0 saturated carbocycles. The Hall–Kier alpha value is -2.15. The summed E-state index contributed by atoms with van der Waals surface area (Å²) in [6.45, 7) is 6.30. The fraction of sp³-hybridized carbons (Fsp3) is 0.250. The third-order valence-corrected chi connectivity index (χ3v) is 3.77. The number of benzene rings is 2. The zero-order valence-electron chi connectivity index (χ0n) is 12.9. The van der Waals surface area contributed by atoms with Crippen molar-refractivity contribution in [2.24, 2.45) is 0 Å². The van der Waals surface area contributed by atoms with Crippen LogP contribution in [0, 0.1) is 0 Å². The van der Waals surface area contributed by atoms with E-state index in [9.17, 15) is 4.79 Å². The zero-order chi connectivity index (χ0) is 15.2. The van der Waals surface area contributed by atoms with E-state index in [1.165, 1.54) is 5.56 Å². The van der Waals surface area contributed by atoms with Gasteiger partial charge in [0.2, 0.25) is 0 Å². The fourth-order valence-corrected chi connectivity index (χ4v) is 2.22. The van der Waals surface area contributed by atoms with Gasteiger partial charge in [0, 0.05) is 5.92 Å². The molecular formula is C20H22O. The van der Waals surface area contributed by atoms with Crippen LogP contribution >= 0.6 is 0 Å². The molecule has 2 aromatic carbocycles. The van der Waals surface area contributed by atoms with Crippen molar-refractivity contribution in [1.29, 1.82) is 0 Å².